The number of hydrogen-bond acceptors (Lipinski definition) is 2. The second kappa shape index (κ2) is 5.10. The molecule has 0 atom stereocenters. The van der Waals surface area contributed by atoms with Gasteiger partial charge >= 0.3 is 0 Å². The Morgan fingerprint density at radius 1 is 1.18 bits per heavy atom. The van der Waals surface area contributed by atoms with E-state index in [9.17, 15) is 8.78 Å². The molecule has 0 aliphatic rings. The van der Waals surface area contributed by atoms with Gasteiger partial charge in [0.1, 0.15) is 5.82 Å². The third-order valence-electron chi connectivity index (χ3n) is 2.03. The van der Waals surface area contributed by atoms with Gasteiger partial charge in [-0.05, 0) is 18.2 Å². The van der Waals surface area contributed by atoms with Crippen LogP contribution >= 0.6 is 11.6 Å². The molecule has 0 unspecified atom stereocenters. The van der Waals surface area contributed by atoms with E-state index in [1.165, 1.54) is 0 Å². The summed E-state index contributed by atoms with van der Waals surface area (Å²) in [6.45, 7) is 0. The Bertz CT molecular complexity index is 534. The Kier molecular flexibility index (Phi) is 3.54. The molecule has 0 saturated heterocycles. The van der Waals surface area contributed by atoms with Crippen molar-refractivity contribution < 1.29 is 13.5 Å². The van der Waals surface area contributed by atoms with E-state index >= 15 is 0 Å². The fraction of sp³-hybridized carbons (Fsp3) is 0.0833. The van der Waals surface area contributed by atoms with Crippen molar-refractivity contribution in [2.75, 3.05) is 0 Å². The molecule has 0 radical (unpaired) electrons. The van der Waals surface area contributed by atoms with Crippen LogP contribution in [-0.2, 0) is 5.88 Å². The van der Waals surface area contributed by atoms with Crippen molar-refractivity contribution in [1.82, 2.24) is 4.98 Å². The number of alkyl halides is 1. The van der Waals surface area contributed by atoms with E-state index in [-0.39, 0.29) is 17.5 Å². The Morgan fingerprint density at radius 2 is 2.00 bits per heavy atom. The van der Waals surface area contributed by atoms with Crippen LogP contribution in [0.3, 0.4) is 0 Å². The lowest BCUT2D eigenvalue weighted by Gasteiger charge is -2.06. The van der Waals surface area contributed by atoms with Crippen LogP contribution in [0.2, 0.25) is 0 Å². The quantitative estimate of drug-likeness (QED) is 0.776. The van der Waals surface area contributed by atoms with Crippen LogP contribution in [0.1, 0.15) is 5.69 Å². The first-order valence-corrected chi connectivity index (χ1v) is 5.37. The summed E-state index contributed by atoms with van der Waals surface area (Å²) in [5, 5.41) is 0. The molecule has 5 heteroatoms. The first kappa shape index (κ1) is 11.8. The Hall–Kier alpha value is -1.68. The van der Waals surface area contributed by atoms with Crippen molar-refractivity contribution in [1.29, 1.82) is 0 Å². The third kappa shape index (κ3) is 2.91. The summed E-state index contributed by atoms with van der Waals surface area (Å²) in [6, 6.07) is 7.91. The largest absolute Gasteiger partial charge is 0.436 e. The highest BCUT2D eigenvalue weighted by molar-refractivity contribution is 6.16. The molecule has 0 N–H and O–H groups in total. The highest BCUT2D eigenvalue weighted by Crippen LogP contribution is 2.24. The SMILES string of the molecule is Fc1ccc(F)c(Oc2cccc(CCl)n2)c1. The maximum Gasteiger partial charge on any atom is 0.219 e. The van der Waals surface area contributed by atoms with Crippen LogP contribution in [0, 0.1) is 11.6 Å². The summed E-state index contributed by atoms with van der Waals surface area (Å²) in [4.78, 5) is 4.01. The first-order valence-electron chi connectivity index (χ1n) is 4.84. The average Bonchev–Trinajstić information content (AvgIpc) is 2.34. The minimum atomic E-state index is -0.649. The predicted octanol–water partition coefficient (Wildman–Crippen LogP) is 3.89. The summed E-state index contributed by atoms with van der Waals surface area (Å²) >= 11 is 5.61. The standard InChI is InChI=1S/C12H8ClF2NO/c13-7-9-2-1-3-12(16-9)17-11-6-8(14)4-5-10(11)15/h1-6H,7H2. The number of benzene rings is 1. The zero-order valence-electron chi connectivity index (χ0n) is 8.66. The monoisotopic (exact) mass is 255 g/mol. The van der Waals surface area contributed by atoms with Gasteiger partial charge in [-0.2, -0.15) is 0 Å². The molecule has 2 rings (SSSR count). The molecule has 1 heterocycles. The molecule has 0 spiro atoms. The zero-order valence-corrected chi connectivity index (χ0v) is 9.42. The molecular weight excluding hydrogens is 248 g/mol. The number of nitrogens with zero attached hydrogens (tertiary/aromatic N) is 1. The molecule has 0 saturated carbocycles. The van der Waals surface area contributed by atoms with E-state index in [1.54, 1.807) is 18.2 Å². The number of ether oxygens (including phenoxy) is 1. The molecule has 17 heavy (non-hydrogen) atoms. The molecule has 1 aromatic heterocycles. The van der Waals surface area contributed by atoms with Crippen LogP contribution in [0.4, 0.5) is 8.78 Å². The Balaban J connectivity index is 2.27. The van der Waals surface area contributed by atoms with Crippen molar-refractivity contribution in [3.05, 3.63) is 53.7 Å². The first-order chi connectivity index (χ1) is 8.19. The van der Waals surface area contributed by atoms with Gasteiger partial charge in [0.05, 0.1) is 11.6 Å². The number of rotatable bonds is 3. The van der Waals surface area contributed by atoms with Gasteiger partial charge in [0, 0.05) is 12.1 Å². The summed E-state index contributed by atoms with van der Waals surface area (Å²) in [5.74, 6) is -1.03. The molecule has 2 nitrogen and oxygen atoms in total. The van der Waals surface area contributed by atoms with Crippen molar-refractivity contribution in [3.8, 4) is 11.6 Å². The van der Waals surface area contributed by atoms with Crippen molar-refractivity contribution in [2.24, 2.45) is 0 Å². The summed E-state index contributed by atoms with van der Waals surface area (Å²) in [6.07, 6.45) is 0. The van der Waals surface area contributed by atoms with Gasteiger partial charge in [0.15, 0.2) is 11.6 Å². The highest BCUT2D eigenvalue weighted by Gasteiger charge is 2.07. The number of aromatic nitrogens is 1. The number of halogens is 3. The van der Waals surface area contributed by atoms with E-state index < -0.39 is 11.6 Å². The second-order valence-electron chi connectivity index (χ2n) is 3.28. The molecular formula is C12H8ClF2NO. The zero-order chi connectivity index (χ0) is 12.3. The number of hydrogen-bond donors (Lipinski definition) is 0. The molecule has 0 aliphatic heterocycles. The van der Waals surface area contributed by atoms with Gasteiger partial charge in [-0.25, -0.2) is 13.8 Å². The fourth-order valence-corrected chi connectivity index (χ4v) is 1.41. The maximum absolute atomic E-state index is 13.3. The summed E-state index contributed by atoms with van der Waals surface area (Å²) < 4.78 is 31.3. The molecule has 0 aliphatic carbocycles. The Labute approximate surface area is 102 Å². The average molecular weight is 256 g/mol. The normalized spacial score (nSPS) is 10.3. The van der Waals surface area contributed by atoms with Gasteiger partial charge in [-0.3, -0.25) is 0 Å². The lowest BCUT2D eigenvalue weighted by molar-refractivity contribution is 0.421. The fourth-order valence-electron chi connectivity index (χ4n) is 1.26. The van der Waals surface area contributed by atoms with Gasteiger partial charge in [0.2, 0.25) is 5.88 Å². The summed E-state index contributed by atoms with van der Waals surface area (Å²) in [7, 11) is 0. The lowest BCUT2D eigenvalue weighted by atomic mass is 10.3. The Morgan fingerprint density at radius 3 is 2.76 bits per heavy atom. The minimum Gasteiger partial charge on any atom is -0.436 e. The smallest absolute Gasteiger partial charge is 0.219 e. The van der Waals surface area contributed by atoms with E-state index in [4.69, 9.17) is 16.3 Å². The molecule has 0 fully saturated rings. The lowest BCUT2D eigenvalue weighted by Crippen LogP contribution is -1.93. The van der Waals surface area contributed by atoms with Gasteiger partial charge in [0.25, 0.3) is 0 Å². The van der Waals surface area contributed by atoms with E-state index in [1.807, 2.05) is 0 Å². The highest BCUT2D eigenvalue weighted by atomic mass is 35.5. The minimum absolute atomic E-state index is 0.174. The third-order valence-corrected chi connectivity index (χ3v) is 2.30. The van der Waals surface area contributed by atoms with Crippen LogP contribution < -0.4 is 4.74 Å². The van der Waals surface area contributed by atoms with Gasteiger partial charge in [-0.1, -0.05) is 6.07 Å². The van der Waals surface area contributed by atoms with Gasteiger partial charge < -0.3 is 4.74 Å². The van der Waals surface area contributed by atoms with Gasteiger partial charge in [-0.15, -0.1) is 11.6 Å². The predicted molar refractivity (Wildman–Crippen MR) is 60.2 cm³/mol. The topological polar surface area (TPSA) is 22.1 Å². The van der Waals surface area contributed by atoms with Crippen LogP contribution in [0.5, 0.6) is 11.6 Å². The summed E-state index contributed by atoms with van der Waals surface area (Å²) in [5.41, 5.74) is 0.598. The van der Waals surface area contributed by atoms with E-state index in [0.29, 0.717) is 5.69 Å². The maximum atomic E-state index is 13.3. The van der Waals surface area contributed by atoms with E-state index in [0.717, 1.165) is 18.2 Å². The van der Waals surface area contributed by atoms with Crippen molar-refractivity contribution >= 4 is 11.6 Å². The number of pyridine rings is 1. The van der Waals surface area contributed by atoms with Crippen molar-refractivity contribution in [3.63, 3.8) is 0 Å². The molecule has 0 amide bonds. The molecule has 0 bridgehead atoms. The molecule has 2 aromatic rings. The molecule has 88 valence electrons. The second-order valence-corrected chi connectivity index (χ2v) is 3.54. The van der Waals surface area contributed by atoms with Crippen LogP contribution in [0.15, 0.2) is 36.4 Å². The van der Waals surface area contributed by atoms with E-state index in [2.05, 4.69) is 4.98 Å². The molecule has 1 aromatic carbocycles. The van der Waals surface area contributed by atoms with Crippen LogP contribution in [0.25, 0.3) is 0 Å². The van der Waals surface area contributed by atoms with Crippen LogP contribution in [-0.4, -0.2) is 4.98 Å². The van der Waals surface area contributed by atoms with Crippen molar-refractivity contribution in [2.45, 2.75) is 5.88 Å².